The van der Waals surface area contributed by atoms with Crippen molar-refractivity contribution in [3.8, 4) is 11.1 Å². The van der Waals surface area contributed by atoms with Gasteiger partial charge in [-0.2, -0.15) is 0 Å². The molecule has 1 aliphatic heterocycles. The summed E-state index contributed by atoms with van der Waals surface area (Å²) in [6.07, 6.45) is 15.5. The van der Waals surface area contributed by atoms with Gasteiger partial charge < -0.3 is 4.90 Å². The third kappa shape index (κ3) is 3.50. The Morgan fingerprint density at radius 3 is 2.42 bits per heavy atom. The number of fused-ring (bicyclic) bond motifs is 2. The standard InChI is InChI=1S/C29H30N2/c1-3-24-26(30-2)19-20-28-29(24)25-13-9-4-5-10-14-27(25)31(28)23-17-15-22(16-18-23)21-11-7-6-8-12-21/h3,6-8,11-12,14-20,25H,4-5,9-10,13H2,1-2H3/b24-3+,27-14+,30-26?. The monoisotopic (exact) mass is 406 g/mol. The number of hydrogen-bond acceptors (Lipinski definition) is 2. The normalized spacial score (nSPS) is 25.2. The molecular formula is C29H30N2. The van der Waals surface area contributed by atoms with Gasteiger partial charge in [-0.15, -0.1) is 0 Å². The summed E-state index contributed by atoms with van der Waals surface area (Å²) in [4.78, 5) is 7.08. The molecule has 1 unspecified atom stereocenters. The Morgan fingerprint density at radius 2 is 1.68 bits per heavy atom. The smallest absolute Gasteiger partial charge is 0.0644 e. The van der Waals surface area contributed by atoms with Crippen LogP contribution in [0.4, 0.5) is 5.69 Å². The fraction of sp³-hybridized carbons (Fsp3) is 0.276. The van der Waals surface area contributed by atoms with Crippen molar-refractivity contribution in [3.63, 3.8) is 0 Å². The summed E-state index contributed by atoms with van der Waals surface area (Å²) in [6.45, 7) is 2.15. The van der Waals surface area contributed by atoms with E-state index in [4.69, 9.17) is 0 Å². The highest BCUT2D eigenvalue weighted by atomic mass is 15.2. The van der Waals surface area contributed by atoms with E-state index in [1.165, 1.54) is 65.0 Å². The molecule has 0 saturated heterocycles. The van der Waals surface area contributed by atoms with Gasteiger partial charge >= 0.3 is 0 Å². The second-order valence-corrected chi connectivity index (χ2v) is 8.51. The van der Waals surface area contributed by atoms with Crippen molar-refractivity contribution in [1.82, 2.24) is 0 Å². The molecule has 0 aromatic heterocycles. The maximum atomic E-state index is 4.57. The zero-order chi connectivity index (χ0) is 21.2. The van der Waals surface area contributed by atoms with Gasteiger partial charge in [0, 0.05) is 29.9 Å². The van der Waals surface area contributed by atoms with Gasteiger partial charge in [-0.05, 0) is 67.2 Å². The zero-order valence-electron chi connectivity index (χ0n) is 18.5. The Kier molecular flexibility index (Phi) is 5.46. The molecule has 156 valence electrons. The lowest BCUT2D eigenvalue weighted by Gasteiger charge is -2.26. The molecule has 0 amide bonds. The van der Waals surface area contributed by atoms with Crippen LogP contribution in [-0.4, -0.2) is 12.8 Å². The van der Waals surface area contributed by atoms with Gasteiger partial charge in [0.25, 0.3) is 0 Å². The highest BCUT2D eigenvalue weighted by molar-refractivity contribution is 6.14. The molecule has 2 aromatic rings. The van der Waals surface area contributed by atoms with Crippen LogP contribution in [0.2, 0.25) is 0 Å². The first-order chi connectivity index (χ1) is 15.3. The average Bonchev–Trinajstić information content (AvgIpc) is 3.11. The molecule has 0 saturated carbocycles. The van der Waals surface area contributed by atoms with Crippen LogP contribution >= 0.6 is 0 Å². The summed E-state index contributed by atoms with van der Waals surface area (Å²) >= 11 is 0. The van der Waals surface area contributed by atoms with E-state index in [1.807, 2.05) is 7.05 Å². The largest absolute Gasteiger partial charge is 0.314 e. The summed E-state index contributed by atoms with van der Waals surface area (Å²) in [7, 11) is 1.90. The topological polar surface area (TPSA) is 15.6 Å². The number of benzene rings is 2. The molecular weight excluding hydrogens is 376 g/mol. The lowest BCUT2D eigenvalue weighted by molar-refractivity contribution is 0.556. The van der Waals surface area contributed by atoms with E-state index in [1.54, 1.807) is 0 Å². The molecule has 0 radical (unpaired) electrons. The van der Waals surface area contributed by atoms with E-state index >= 15 is 0 Å². The number of hydrogen-bond donors (Lipinski definition) is 0. The maximum absolute atomic E-state index is 4.57. The van der Waals surface area contributed by atoms with Gasteiger partial charge in [0.1, 0.15) is 0 Å². The summed E-state index contributed by atoms with van der Waals surface area (Å²) in [5.74, 6) is 0.456. The number of allylic oxidation sites excluding steroid dienone is 6. The van der Waals surface area contributed by atoms with Crippen LogP contribution in [0, 0.1) is 5.92 Å². The fourth-order valence-corrected chi connectivity index (χ4v) is 5.28. The first kappa shape index (κ1) is 19.8. The van der Waals surface area contributed by atoms with Crippen LogP contribution in [0.1, 0.15) is 39.0 Å². The van der Waals surface area contributed by atoms with Crippen molar-refractivity contribution in [2.75, 3.05) is 11.9 Å². The molecule has 1 atom stereocenters. The molecule has 0 spiro atoms. The molecule has 2 nitrogen and oxygen atoms in total. The summed E-state index contributed by atoms with van der Waals surface area (Å²) in [5.41, 5.74) is 10.4. The van der Waals surface area contributed by atoms with Gasteiger partial charge in [0.15, 0.2) is 0 Å². The number of nitrogens with zero attached hydrogens (tertiary/aromatic N) is 2. The van der Waals surface area contributed by atoms with Crippen molar-refractivity contribution >= 4 is 11.4 Å². The summed E-state index contributed by atoms with van der Waals surface area (Å²) in [5, 5.41) is 0. The minimum atomic E-state index is 0.456. The highest BCUT2D eigenvalue weighted by Gasteiger charge is 2.39. The minimum absolute atomic E-state index is 0.456. The fourth-order valence-electron chi connectivity index (χ4n) is 5.28. The van der Waals surface area contributed by atoms with Crippen molar-refractivity contribution < 1.29 is 0 Å². The Morgan fingerprint density at radius 1 is 0.903 bits per heavy atom. The highest BCUT2D eigenvalue weighted by Crippen LogP contribution is 2.49. The lowest BCUT2D eigenvalue weighted by atomic mass is 9.82. The summed E-state index contributed by atoms with van der Waals surface area (Å²) < 4.78 is 0. The molecule has 5 rings (SSSR count). The van der Waals surface area contributed by atoms with E-state index in [-0.39, 0.29) is 0 Å². The lowest BCUT2D eigenvalue weighted by Crippen LogP contribution is -2.19. The van der Waals surface area contributed by atoms with Crippen LogP contribution in [0.25, 0.3) is 11.1 Å². The van der Waals surface area contributed by atoms with Crippen molar-refractivity contribution in [2.45, 2.75) is 39.0 Å². The van der Waals surface area contributed by atoms with Crippen LogP contribution in [0.15, 0.2) is 106 Å². The van der Waals surface area contributed by atoms with Gasteiger partial charge in [-0.3, -0.25) is 4.99 Å². The quantitative estimate of drug-likeness (QED) is 0.505. The zero-order valence-corrected chi connectivity index (χ0v) is 18.5. The minimum Gasteiger partial charge on any atom is -0.314 e. The van der Waals surface area contributed by atoms with E-state index in [0.717, 1.165) is 12.1 Å². The second kappa shape index (κ2) is 8.55. The van der Waals surface area contributed by atoms with Crippen LogP contribution in [-0.2, 0) is 0 Å². The maximum Gasteiger partial charge on any atom is 0.0644 e. The Bertz CT molecular complexity index is 1110. The predicted molar refractivity (Wildman–Crippen MR) is 132 cm³/mol. The van der Waals surface area contributed by atoms with E-state index < -0.39 is 0 Å². The number of anilines is 1. The SMILES string of the molecule is C/C=C1\C(=NC)C=CC2=C1C1CCCCC/C=C\1N2c1ccc(-c2ccccc2)cc1. The first-order valence-corrected chi connectivity index (χ1v) is 11.5. The molecule has 3 aliphatic rings. The van der Waals surface area contributed by atoms with Crippen molar-refractivity contribution in [3.05, 3.63) is 101 Å². The number of aliphatic imine (C=N–C) groups is 1. The van der Waals surface area contributed by atoms with Gasteiger partial charge in [0.05, 0.1) is 11.4 Å². The van der Waals surface area contributed by atoms with E-state index in [9.17, 15) is 0 Å². The van der Waals surface area contributed by atoms with Crippen molar-refractivity contribution in [2.24, 2.45) is 10.9 Å². The number of rotatable bonds is 2. The van der Waals surface area contributed by atoms with Crippen LogP contribution < -0.4 is 4.90 Å². The second-order valence-electron chi connectivity index (χ2n) is 8.51. The first-order valence-electron chi connectivity index (χ1n) is 11.5. The molecule has 2 heteroatoms. The van der Waals surface area contributed by atoms with Crippen LogP contribution in [0.3, 0.4) is 0 Å². The third-order valence-corrected chi connectivity index (χ3v) is 6.76. The summed E-state index contributed by atoms with van der Waals surface area (Å²) in [6, 6.07) is 19.7. The molecule has 2 aliphatic carbocycles. The molecule has 0 bridgehead atoms. The van der Waals surface area contributed by atoms with Gasteiger partial charge in [-0.25, -0.2) is 0 Å². The van der Waals surface area contributed by atoms with E-state index in [2.05, 4.69) is 95.7 Å². The van der Waals surface area contributed by atoms with Crippen LogP contribution in [0.5, 0.6) is 0 Å². The average molecular weight is 407 g/mol. The predicted octanol–water partition coefficient (Wildman–Crippen LogP) is 7.48. The van der Waals surface area contributed by atoms with Gasteiger partial charge in [0.2, 0.25) is 0 Å². The van der Waals surface area contributed by atoms with Gasteiger partial charge in [-0.1, -0.05) is 67.5 Å². The molecule has 1 heterocycles. The molecule has 31 heavy (non-hydrogen) atoms. The third-order valence-electron chi connectivity index (χ3n) is 6.76. The Hall–Kier alpha value is -3.13. The molecule has 2 aromatic carbocycles. The molecule has 0 fully saturated rings. The van der Waals surface area contributed by atoms with Crippen molar-refractivity contribution in [1.29, 1.82) is 0 Å². The molecule has 0 N–H and O–H groups in total. The Balaban J connectivity index is 1.61. The Labute approximate surface area is 186 Å². The van der Waals surface area contributed by atoms with E-state index in [0.29, 0.717) is 5.92 Å².